The van der Waals surface area contributed by atoms with Crippen molar-refractivity contribution in [3.8, 4) is 0 Å². The van der Waals surface area contributed by atoms with Gasteiger partial charge in [0.25, 0.3) is 0 Å². The molecule has 1 saturated carbocycles. The van der Waals surface area contributed by atoms with Gasteiger partial charge in [-0.05, 0) is 39.9 Å². The third-order valence-electron chi connectivity index (χ3n) is 5.18. The van der Waals surface area contributed by atoms with Gasteiger partial charge in [0.15, 0.2) is 0 Å². The third kappa shape index (κ3) is 4.17. The van der Waals surface area contributed by atoms with E-state index < -0.39 is 0 Å². The van der Waals surface area contributed by atoms with E-state index in [1.807, 2.05) is 0 Å². The summed E-state index contributed by atoms with van der Waals surface area (Å²) in [6.07, 6.45) is 5.76. The van der Waals surface area contributed by atoms with Crippen LogP contribution in [-0.4, -0.2) is 75.4 Å². The van der Waals surface area contributed by atoms with Gasteiger partial charge in [0.1, 0.15) is 0 Å². The van der Waals surface area contributed by atoms with Gasteiger partial charge in [0.2, 0.25) is 0 Å². The summed E-state index contributed by atoms with van der Waals surface area (Å²) < 4.78 is 5.83. The molecule has 3 atom stereocenters. The van der Waals surface area contributed by atoms with Gasteiger partial charge in [-0.2, -0.15) is 0 Å². The van der Waals surface area contributed by atoms with Crippen molar-refractivity contribution in [2.24, 2.45) is 5.92 Å². The van der Waals surface area contributed by atoms with Crippen LogP contribution in [-0.2, 0) is 4.74 Å². The first-order valence-corrected chi connectivity index (χ1v) is 8.20. The molecule has 0 spiro atoms. The third-order valence-corrected chi connectivity index (χ3v) is 5.18. The molecular formula is C16H33N3O. The number of morpholine rings is 1. The van der Waals surface area contributed by atoms with Crippen LogP contribution in [0.25, 0.3) is 0 Å². The number of rotatable bonds is 5. The molecule has 0 amide bonds. The van der Waals surface area contributed by atoms with Crippen molar-refractivity contribution in [1.29, 1.82) is 0 Å². The molecule has 1 heterocycles. The largest absolute Gasteiger partial charge is 0.374 e. The van der Waals surface area contributed by atoms with E-state index in [2.05, 4.69) is 43.2 Å². The molecule has 0 aromatic rings. The molecule has 0 aromatic heterocycles. The minimum atomic E-state index is 0.345. The second-order valence-electron chi connectivity index (χ2n) is 7.21. The van der Waals surface area contributed by atoms with E-state index >= 15 is 0 Å². The Morgan fingerprint density at radius 1 is 1.40 bits per heavy atom. The Labute approximate surface area is 124 Å². The smallest absolute Gasteiger partial charge is 0.0826 e. The molecule has 1 aliphatic carbocycles. The maximum atomic E-state index is 5.83. The predicted octanol–water partition coefficient (Wildman–Crippen LogP) is 1.42. The van der Waals surface area contributed by atoms with Crippen LogP contribution in [0.4, 0.5) is 0 Å². The summed E-state index contributed by atoms with van der Waals surface area (Å²) in [4.78, 5) is 4.81. The van der Waals surface area contributed by atoms with Gasteiger partial charge in [-0.15, -0.1) is 0 Å². The van der Waals surface area contributed by atoms with E-state index in [0.717, 1.165) is 38.7 Å². The average molecular weight is 283 g/mol. The Hall–Kier alpha value is -0.160. The molecule has 2 rings (SSSR count). The molecule has 2 aliphatic rings. The summed E-state index contributed by atoms with van der Waals surface area (Å²) in [6, 6.07) is 0. The molecule has 1 aliphatic heterocycles. The predicted molar refractivity (Wildman–Crippen MR) is 84.2 cm³/mol. The van der Waals surface area contributed by atoms with Crippen LogP contribution < -0.4 is 5.32 Å². The van der Waals surface area contributed by atoms with Crippen LogP contribution in [0, 0.1) is 5.92 Å². The van der Waals surface area contributed by atoms with Gasteiger partial charge in [-0.1, -0.05) is 19.8 Å². The van der Waals surface area contributed by atoms with Crippen molar-refractivity contribution in [3.63, 3.8) is 0 Å². The molecule has 1 saturated heterocycles. The Morgan fingerprint density at radius 2 is 2.20 bits per heavy atom. The first-order chi connectivity index (χ1) is 9.52. The topological polar surface area (TPSA) is 27.7 Å². The zero-order valence-electron chi connectivity index (χ0n) is 13.8. The van der Waals surface area contributed by atoms with Gasteiger partial charge in [0.05, 0.1) is 12.7 Å². The van der Waals surface area contributed by atoms with E-state index in [-0.39, 0.29) is 0 Å². The van der Waals surface area contributed by atoms with Crippen LogP contribution in [0.15, 0.2) is 0 Å². The molecule has 20 heavy (non-hydrogen) atoms. The van der Waals surface area contributed by atoms with Crippen molar-refractivity contribution in [2.45, 2.75) is 44.2 Å². The fourth-order valence-corrected chi connectivity index (χ4v) is 3.81. The van der Waals surface area contributed by atoms with Gasteiger partial charge in [-0.25, -0.2) is 0 Å². The number of ether oxygens (including phenoxy) is 1. The highest BCUT2D eigenvalue weighted by atomic mass is 16.5. The van der Waals surface area contributed by atoms with E-state index in [4.69, 9.17) is 4.74 Å². The van der Waals surface area contributed by atoms with E-state index in [0.29, 0.717) is 11.6 Å². The first-order valence-electron chi connectivity index (χ1n) is 8.20. The molecule has 118 valence electrons. The van der Waals surface area contributed by atoms with Crippen LogP contribution in [0.1, 0.15) is 32.6 Å². The van der Waals surface area contributed by atoms with Gasteiger partial charge in [0, 0.05) is 31.7 Å². The monoisotopic (exact) mass is 283 g/mol. The van der Waals surface area contributed by atoms with Crippen molar-refractivity contribution in [3.05, 3.63) is 0 Å². The highest BCUT2D eigenvalue weighted by Gasteiger charge is 2.36. The minimum absolute atomic E-state index is 0.345. The molecule has 4 nitrogen and oxygen atoms in total. The first kappa shape index (κ1) is 16.2. The van der Waals surface area contributed by atoms with Crippen molar-refractivity contribution in [1.82, 2.24) is 15.1 Å². The highest BCUT2D eigenvalue weighted by molar-refractivity contribution is 4.94. The van der Waals surface area contributed by atoms with Crippen LogP contribution in [0.2, 0.25) is 0 Å². The fourth-order valence-electron chi connectivity index (χ4n) is 3.81. The summed E-state index contributed by atoms with van der Waals surface area (Å²) in [5.41, 5.74) is 0.345. The summed E-state index contributed by atoms with van der Waals surface area (Å²) in [6.45, 7) is 7.46. The van der Waals surface area contributed by atoms with E-state index in [9.17, 15) is 0 Å². The summed E-state index contributed by atoms with van der Waals surface area (Å²) >= 11 is 0. The second-order valence-corrected chi connectivity index (χ2v) is 7.21. The molecule has 3 unspecified atom stereocenters. The highest BCUT2D eigenvalue weighted by Crippen LogP contribution is 2.35. The van der Waals surface area contributed by atoms with Crippen LogP contribution in [0.5, 0.6) is 0 Å². The Morgan fingerprint density at radius 3 is 2.85 bits per heavy atom. The van der Waals surface area contributed by atoms with Crippen LogP contribution in [0.3, 0.4) is 0 Å². The normalized spacial score (nSPS) is 36.5. The lowest BCUT2D eigenvalue weighted by Crippen LogP contribution is -2.55. The van der Waals surface area contributed by atoms with Crippen molar-refractivity contribution < 1.29 is 4.74 Å². The maximum Gasteiger partial charge on any atom is 0.0826 e. The lowest BCUT2D eigenvalue weighted by Gasteiger charge is -2.45. The summed E-state index contributed by atoms with van der Waals surface area (Å²) in [5, 5.41) is 3.69. The zero-order chi connectivity index (χ0) is 14.6. The SMILES string of the molecule is CC1CCCC(CNCC2CN(C)CCO2)(N(C)C)C1. The Bertz CT molecular complexity index is 297. The van der Waals surface area contributed by atoms with E-state index in [1.165, 1.54) is 25.7 Å². The number of nitrogens with one attached hydrogen (secondary N) is 1. The average Bonchev–Trinajstić information content (AvgIpc) is 2.38. The summed E-state index contributed by atoms with van der Waals surface area (Å²) in [7, 11) is 6.66. The zero-order valence-corrected chi connectivity index (χ0v) is 13.8. The molecule has 2 fully saturated rings. The lowest BCUT2D eigenvalue weighted by molar-refractivity contribution is -0.0208. The molecule has 0 aromatic carbocycles. The minimum Gasteiger partial charge on any atom is -0.374 e. The maximum absolute atomic E-state index is 5.83. The summed E-state index contributed by atoms with van der Waals surface area (Å²) in [5.74, 6) is 0.852. The van der Waals surface area contributed by atoms with Crippen LogP contribution >= 0.6 is 0 Å². The van der Waals surface area contributed by atoms with Crippen molar-refractivity contribution >= 4 is 0 Å². The molecule has 1 N–H and O–H groups in total. The fraction of sp³-hybridized carbons (Fsp3) is 1.00. The quantitative estimate of drug-likeness (QED) is 0.826. The Kier molecular flexibility index (Phi) is 5.84. The lowest BCUT2D eigenvalue weighted by atomic mass is 9.75. The van der Waals surface area contributed by atoms with Gasteiger partial charge < -0.3 is 19.9 Å². The number of likely N-dealkylation sites (N-methyl/N-ethyl adjacent to an activating group) is 2. The Balaban J connectivity index is 1.80. The molecular weight excluding hydrogens is 250 g/mol. The number of hydrogen-bond donors (Lipinski definition) is 1. The van der Waals surface area contributed by atoms with Gasteiger partial charge >= 0.3 is 0 Å². The van der Waals surface area contributed by atoms with Crippen molar-refractivity contribution in [2.75, 3.05) is 53.9 Å². The second kappa shape index (κ2) is 7.21. The molecule has 0 radical (unpaired) electrons. The molecule has 4 heteroatoms. The number of nitrogens with zero attached hydrogens (tertiary/aromatic N) is 2. The van der Waals surface area contributed by atoms with E-state index in [1.54, 1.807) is 0 Å². The number of hydrogen-bond acceptors (Lipinski definition) is 4. The standard InChI is InChI=1S/C16H33N3O/c1-14-6-5-7-16(10-14,18(2)3)13-17-11-15-12-19(4)8-9-20-15/h14-15,17H,5-13H2,1-4H3. The molecule has 0 bridgehead atoms. The van der Waals surface area contributed by atoms with Gasteiger partial charge in [-0.3, -0.25) is 0 Å².